The molecule has 1 unspecified atom stereocenters. The van der Waals surface area contributed by atoms with Crippen molar-refractivity contribution in [2.45, 2.75) is 37.4 Å². The van der Waals surface area contributed by atoms with Crippen LogP contribution in [0.25, 0.3) is 0 Å². The Morgan fingerprint density at radius 2 is 2.09 bits per heavy atom. The van der Waals surface area contributed by atoms with Crippen molar-refractivity contribution in [1.29, 1.82) is 0 Å². The summed E-state index contributed by atoms with van der Waals surface area (Å²) in [7, 11) is 4.04. The number of hydrogen-bond donors (Lipinski definition) is 0. The van der Waals surface area contributed by atoms with Crippen molar-refractivity contribution in [3.8, 4) is 0 Å². The van der Waals surface area contributed by atoms with Crippen LogP contribution < -0.4 is 4.90 Å². The van der Waals surface area contributed by atoms with Gasteiger partial charge in [0, 0.05) is 49.8 Å². The van der Waals surface area contributed by atoms with E-state index in [0.717, 1.165) is 43.7 Å². The van der Waals surface area contributed by atoms with Crippen molar-refractivity contribution in [2.75, 3.05) is 36.8 Å². The van der Waals surface area contributed by atoms with Crippen molar-refractivity contribution >= 4 is 33.3 Å². The van der Waals surface area contributed by atoms with Gasteiger partial charge in [-0.15, -0.1) is 0 Å². The third-order valence-corrected chi connectivity index (χ3v) is 7.51. The van der Waals surface area contributed by atoms with E-state index in [1.807, 2.05) is 50.9 Å². The average molecular weight is 352 g/mol. The van der Waals surface area contributed by atoms with E-state index in [-0.39, 0.29) is 0 Å². The van der Waals surface area contributed by atoms with Gasteiger partial charge in [0.25, 0.3) is 0 Å². The second kappa shape index (κ2) is 8.83. The Morgan fingerprint density at radius 1 is 1.22 bits per heavy atom. The van der Waals surface area contributed by atoms with Crippen molar-refractivity contribution in [3.05, 3.63) is 24.4 Å². The maximum atomic E-state index is 12.3. The van der Waals surface area contributed by atoms with Gasteiger partial charge in [0.1, 0.15) is 5.82 Å². The molecule has 0 aromatic carbocycles. The molecule has 1 atom stereocenters. The molecule has 3 heterocycles. The largest absolute Gasteiger partial charge is 0.353 e. The zero-order valence-electron chi connectivity index (χ0n) is 13.5. The SMILES string of the molecule is O=C(CCCCC1CCSS1)N1CCN(c2ccccn2)CC1. The molecule has 0 radical (unpaired) electrons. The standard InChI is InChI=1S/C17H25N3OS2/c21-17(7-2-1-5-15-8-14-22-23-15)20-12-10-19(11-13-20)16-6-3-4-9-18-16/h3-4,6,9,15H,1-2,5,7-8,10-14H2. The van der Waals surface area contributed by atoms with E-state index in [2.05, 4.69) is 9.88 Å². The Labute approximate surface area is 146 Å². The third kappa shape index (κ3) is 5.05. The van der Waals surface area contributed by atoms with Gasteiger partial charge in [-0.05, 0) is 31.4 Å². The van der Waals surface area contributed by atoms with E-state index in [1.54, 1.807) is 0 Å². The van der Waals surface area contributed by atoms with Crippen LogP contribution in [0, 0.1) is 0 Å². The van der Waals surface area contributed by atoms with Crippen LogP contribution in [0.3, 0.4) is 0 Å². The van der Waals surface area contributed by atoms with Crippen LogP contribution in [-0.2, 0) is 4.79 Å². The second-order valence-electron chi connectivity index (χ2n) is 6.13. The molecule has 2 aliphatic heterocycles. The molecule has 4 nitrogen and oxygen atoms in total. The molecule has 6 heteroatoms. The zero-order chi connectivity index (χ0) is 15.9. The summed E-state index contributed by atoms with van der Waals surface area (Å²) in [6.07, 6.45) is 7.40. The first-order chi connectivity index (χ1) is 11.3. The molecule has 23 heavy (non-hydrogen) atoms. The van der Waals surface area contributed by atoms with Crippen LogP contribution >= 0.6 is 21.6 Å². The third-order valence-electron chi connectivity index (χ3n) is 4.50. The van der Waals surface area contributed by atoms with Gasteiger partial charge >= 0.3 is 0 Å². The highest BCUT2D eigenvalue weighted by Gasteiger charge is 2.21. The monoisotopic (exact) mass is 351 g/mol. The number of nitrogens with zero attached hydrogens (tertiary/aromatic N) is 3. The molecule has 0 aliphatic carbocycles. The number of carbonyl (C=O) groups is 1. The molecule has 2 saturated heterocycles. The number of anilines is 1. The van der Waals surface area contributed by atoms with Crippen LogP contribution in [-0.4, -0.2) is 53.0 Å². The summed E-state index contributed by atoms with van der Waals surface area (Å²) in [5, 5.41) is 0.831. The predicted molar refractivity (Wildman–Crippen MR) is 100.0 cm³/mol. The van der Waals surface area contributed by atoms with Gasteiger partial charge < -0.3 is 9.80 Å². The lowest BCUT2D eigenvalue weighted by Crippen LogP contribution is -2.49. The summed E-state index contributed by atoms with van der Waals surface area (Å²) < 4.78 is 0. The average Bonchev–Trinajstić information content (AvgIpc) is 3.13. The fourth-order valence-corrected chi connectivity index (χ4v) is 6.12. The Kier molecular flexibility index (Phi) is 6.51. The van der Waals surface area contributed by atoms with E-state index in [0.29, 0.717) is 12.3 Å². The fourth-order valence-electron chi connectivity index (χ4n) is 3.10. The highest BCUT2D eigenvalue weighted by Crippen LogP contribution is 2.39. The van der Waals surface area contributed by atoms with Gasteiger partial charge in [-0.2, -0.15) is 0 Å². The maximum Gasteiger partial charge on any atom is 0.222 e. The number of rotatable bonds is 6. The Balaban J connectivity index is 1.33. The highest BCUT2D eigenvalue weighted by molar-refractivity contribution is 8.77. The second-order valence-corrected chi connectivity index (χ2v) is 8.92. The zero-order valence-corrected chi connectivity index (χ0v) is 15.2. The van der Waals surface area contributed by atoms with Crippen LogP contribution in [0.4, 0.5) is 5.82 Å². The normalized spacial score (nSPS) is 21.7. The molecule has 1 aromatic heterocycles. The molecule has 2 fully saturated rings. The molecule has 2 aliphatic rings. The van der Waals surface area contributed by atoms with Crippen molar-refractivity contribution in [3.63, 3.8) is 0 Å². The Bertz CT molecular complexity index is 486. The molecular formula is C17H25N3OS2. The van der Waals surface area contributed by atoms with E-state index < -0.39 is 0 Å². The van der Waals surface area contributed by atoms with Crippen LogP contribution in [0.2, 0.25) is 0 Å². The number of amides is 1. The number of piperazine rings is 1. The number of aromatic nitrogens is 1. The van der Waals surface area contributed by atoms with Crippen LogP contribution in [0.15, 0.2) is 24.4 Å². The Hall–Kier alpha value is -0.880. The molecule has 0 spiro atoms. The lowest BCUT2D eigenvalue weighted by Gasteiger charge is -2.35. The van der Waals surface area contributed by atoms with E-state index in [4.69, 9.17) is 0 Å². The molecule has 126 valence electrons. The first-order valence-electron chi connectivity index (χ1n) is 8.55. The van der Waals surface area contributed by atoms with E-state index in [9.17, 15) is 4.79 Å². The molecule has 0 bridgehead atoms. The van der Waals surface area contributed by atoms with Gasteiger partial charge in [0.15, 0.2) is 0 Å². The number of unbranched alkanes of at least 4 members (excludes halogenated alkanes) is 1. The summed E-state index contributed by atoms with van der Waals surface area (Å²) in [6.45, 7) is 3.42. The highest BCUT2D eigenvalue weighted by atomic mass is 33.1. The van der Waals surface area contributed by atoms with Crippen LogP contribution in [0.5, 0.6) is 0 Å². The fraction of sp³-hybridized carbons (Fsp3) is 0.647. The minimum atomic E-state index is 0.333. The molecule has 0 N–H and O–H groups in total. The predicted octanol–water partition coefficient (Wildman–Crippen LogP) is 3.44. The molecular weight excluding hydrogens is 326 g/mol. The van der Waals surface area contributed by atoms with Gasteiger partial charge in [0.05, 0.1) is 0 Å². The summed E-state index contributed by atoms with van der Waals surface area (Å²) in [5.74, 6) is 2.65. The minimum absolute atomic E-state index is 0.333. The van der Waals surface area contributed by atoms with Crippen molar-refractivity contribution in [1.82, 2.24) is 9.88 Å². The summed E-state index contributed by atoms with van der Waals surface area (Å²) in [6, 6.07) is 5.99. The maximum absolute atomic E-state index is 12.3. The lowest BCUT2D eigenvalue weighted by molar-refractivity contribution is -0.131. The number of pyridine rings is 1. The molecule has 1 aromatic rings. The van der Waals surface area contributed by atoms with E-state index in [1.165, 1.54) is 25.0 Å². The number of carbonyl (C=O) groups excluding carboxylic acids is 1. The molecule has 0 saturated carbocycles. The minimum Gasteiger partial charge on any atom is -0.353 e. The lowest BCUT2D eigenvalue weighted by atomic mass is 10.1. The molecule has 3 rings (SSSR count). The van der Waals surface area contributed by atoms with Crippen molar-refractivity contribution in [2.24, 2.45) is 0 Å². The summed E-state index contributed by atoms with van der Waals surface area (Å²) in [5.41, 5.74) is 0. The smallest absolute Gasteiger partial charge is 0.222 e. The quantitative estimate of drug-likeness (QED) is 0.579. The van der Waals surface area contributed by atoms with Gasteiger partial charge in [0.2, 0.25) is 5.91 Å². The Morgan fingerprint density at radius 3 is 2.78 bits per heavy atom. The van der Waals surface area contributed by atoms with Gasteiger partial charge in [-0.25, -0.2) is 4.98 Å². The van der Waals surface area contributed by atoms with E-state index >= 15 is 0 Å². The summed E-state index contributed by atoms with van der Waals surface area (Å²) >= 11 is 0. The topological polar surface area (TPSA) is 36.4 Å². The molecule has 1 amide bonds. The first-order valence-corrected chi connectivity index (χ1v) is 10.9. The van der Waals surface area contributed by atoms with Crippen molar-refractivity contribution < 1.29 is 4.79 Å². The summed E-state index contributed by atoms with van der Waals surface area (Å²) in [4.78, 5) is 21.0. The van der Waals surface area contributed by atoms with Gasteiger partial charge in [-0.3, -0.25) is 4.79 Å². The van der Waals surface area contributed by atoms with Gasteiger partial charge in [-0.1, -0.05) is 34.1 Å². The van der Waals surface area contributed by atoms with Crippen LogP contribution in [0.1, 0.15) is 32.1 Å². The first kappa shape index (κ1) is 17.0. The number of hydrogen-bond acceptors (Lipinski definition) is 5.